The molecule has 0 spiro atoms. The number of nitrogens with zero attached hydrogens (tertiary/aromatic N) is 2. The summed E-state index contributed by atoms with van der Waals surface area (Å²) in [5.74, 6) is 0.115. The van der Waals surface area contributed by atoms with Gasteiger partial charge in [0.15, 0.2) is 0 Å². The molecule has 0 N–H and O–H groups in total. The van der Waals surface area contributed by atoms with Crippen molar-refractivity contribution >= 4 is 50.1 Å². The van der Waals surface area contributed by atoms with E-state index in [0.717, 1.165) is 50.5 Å². The smallest absolute Gasteiger partial charge is 0.274 e. The van der Waals surface area contributed by atoms with E-state index in [-0.39, 0.29) is 12.0 Å². The van der Waals surface area contributed by atoms with Crippen LogP contribution >= 0.6 is 33.9 Å². The molecule has 1 aliphatic rings. The second-order valence-corrected chi connectivity index (χ2v) is 8.65. The van der Waals surface area contributed by atoms with E-state index in [1.807, 2.05) is 29.2 Å². The lowest BCUT2D eigenvalue weighted by Crippen LogP contribution is -2.42. The van der Waals surface area contributed by atoms with Crippen molar-refractivity contribution in [2.75, 3.05) is 13.1 Å². The van der Waals surface area contributed by atoms with Crippen molar-refractivity contribution in [2.24, 2.45) is 0 Å². The molecule has 2 heterocycles. The summed E-state index contributed by atoms with van der Waals surface area (Å²) in [6, 6.07) is 13.9. The fraction of sp³-hybridized carbons (Fsp3) is 0.300. The standard InChI is InChI=1S/C20H19IN2O2S/c1-13-5-4-8-17-18(13)22-20(26-17)25-14-9-11-23(12-10-14)19(24)15-6-2-3-7-16(15)21/h2-8,14H,9-12H2,1H3. The molecule has 0 bridgehead atoms. The van der Waals surface area contributed by atoms with E-state index in [0.29, 0.717) is 0 Å². The first-order valence-corrected chi connectivity index (χ1v) is 10.6. The van der Waals surface area contributed by atoms with Gasteiger partial charge in [0.2, 0.25) is 0 Å². The van der Waals surface area contributed by atoms with Gasteiger partial charge >= 0.3 is 0 Å². The van der Waals surface area contributed by atoms with Gasteiger partial charge in [-0.25, -0.2) is 4.98 Å². The van der Waals surface area contributed by atoms with E-state index >= 15 is 0 Å². The Morgan fingerprint density at radius 1 is 1.19 bits per heavy atom. The van der Waals surface area contributed by atoms with Crippen molar-refractivity contribution < 1.29 is 9.53 Å². The second-order valence-electron chi connectivity index (χ2n) is 6.49. The first-order valence-electron chi connectivity index (χ1n) is 8.68. The number of amides is 1. The highest BCUT2D eigenvalue weighted by Gasteiger charge is 2.26. The van der Waals surface area contributed by atoms with E-state index in [1.165, 1.54) is 5.56 Å². The Hall–Kier alpha value is -1.67. The van der Waals surface area contributed by atoms with E-state index in [9.17, 15) is 4.79 Å². The summed E-state index contributed by atoms with van der Waals surface area (Å²) >= 11 is 3.82. The number of hydrogen-bond acceptors (Lipinski definition) is 4. The van der Waals surface area contributed by atoms with E-state index < -0.39 is 0 Å². The number of thiazole rings is 1. The Labute approximate surface area is 170 Å². The molecule has 0 unspecified atom stereocenters. The first kappa shape index (κ1) is 17.7. The first-order chi connectivity index (χ1) is 12.6. The molecule has 1 aliphatic heterocycles. The normalized spacial score (nSPS) is 15.4. The molecule has 4 rings (SSSR count). The lowest BCUT2D eigenvalue weighted by Gasteiger charge is -2.31. The van der Waals surface area contributed by atoms with Gasteiger partial charge in [-0.3, -0.25) is 4.79 Å². The number of piperidine rings is 1. The average Bonchev–Trinajstić information content (AvgIpc) is 3.06. The number of hydrogen-bond donors (Lipinski definition) is 0. The van der Waals surface area contributed by atoms with Crippen LogP contribution in [0.4, 0.5) is 0 Å². The number of benzene rings is 2. The number of aryl methyl sites for hydroxylation is 1. The van der Waals surface area contributed by atoms with Crippen LogP contribution in [0.5, 0.6) is 5.19 Å². The van der Waals surface area contributed by atoms with Crippen molar-refractivity contribution in [3.63, 3.8) is 0 Å². The zero-order valence-electron chi connectivity index (χ0n) is 14.4. The molecule has 1 fully saturated rings. The number of carbonyl (C=O) groups excluding carboxylic acids is 1. The predicted molar refractivity (Wildman–Crippen MR) is 113 cm³/mol. The fourth-order valence-electron chi connectivity index (χ4n) is 3.24. The minimum atomic E-state index is 0.115. The summed E-state index contributed by atoms with van der Waals surface area (Å²) in [5.41, 5.74) is 2.99. The summed E-state index contributed by atoms with van der Waals surface area (Å²) in [7, 11) is 0. The molecule has 4 nitrogen and oxygen atoms in total. The van der Waals surface area contributed by atoms with Crippen LogP contribution in [0.2, 0.25) is 0 Å². The zero-order valence-corrected chi connectivity index (χ0v) is 17.4. The molecule has 0 saturated carbocycles. The van der Waals surface area contributed by atoms with Crippen LogP contribution in [-0.2, 0) is 0 Å². The van der Waals surface area contributed by atoms with Gasteiger partial charge in [0, 0.05) is 29.5 Å². The summed E-state index contributed by atoms with van der Waals surface area (Å²) in [6.45, 7) is 3.51. The molecular formula is C20H19IN2O2S. The Balaban J connectivity index is 1.39. The molecule has 2 aromatic carbocycles. The number of fused-ring (bicyclic) bond motifs is 1. The SMILES string of the molecule is Cc1cccc2sc(OC3CCN(C(=O)c4ccccc4I)CC3)nc12. The molecule has 1 aromatic heterocycles. The van der Waals surface area contributed by atoms with Gasteiger partial charge < -0.3 is 9.64 Å². The van der Waals surface area contributed by atoms with E-state index in [1.54, 1.807) is 11.3 Å². The maximum atomic E-state index is 12.7. The Bertz CT molecular complexity index is 948. The number of likely N-dealkylation sites (tertiary alicyclic amines) is 1. The summed E-state index contributed by atoms with van der Waals surface area (Å²) < 4.78 is 8.28. The van der Waals surface area contributed by atoms with Crippen LogP contribution in [0.15, 0.2) is 42.5 Å². The molecule has 0 radical (unpaired) electrons. The minimum absolute atomic E-state index is 0.115. The van der Waals surface area contributed by atoms with Crippen molar-refractivity contribution in [3.05, 3.63) is 57.2 Å². The molecule has 6 heteroatoms. The third kappa shape index (κ3) is 3.57. The van der Waals surface area contributed by atoms with Crippen molar-refractivity contribution in [3.8, 4) is 5.19 Å². The lowest BCUT2D eigenvalue weighted by molar-refractivity contribution is 0.0594. The maximum absolute atomic E-state index is 12.7. The monoisotopic (exact) mass is 478 g/mol. The van der Waals surface area contributed by atoms with Gasteiger partial charge in [-0.05, 0) is 53.3 Å². The molecular weight excluding hydrogens is 459 g/mol. The largest absolute Gasteiger partial charge is 0.467 e. The quantitative estimate of drug-likeness (QED) is 0.504. The number of carbonyl (C=O) groups is 1. The molecule has 0 aliphatic carbocycles. The molecule has 3 aromatic rings. The predicted octanol–water partition coefficient (Wildman–Crippen LogP) is 4.89. The van der Waals surface area contributed by atoms with Crippen LogP contribution in [0.1, 0.15) is 28.8 Å². The Morgan fingerprint density at radius 3 is 2.69 bits per heavy atom. The molecule has 134 valence electrons. The Kier molecular flexibility index (Phi) is 5.13. The highest BCUT2D eigenvalue weighted by Crippen LogP contribution is 2.31. The molecule has 1 saturated heterocycles. The third-order valence-corrected chi connectivity index (χ3v) is 6.55. The minimum Gasteiger partial charge on any atom is -0.467 e. The number of ether oxygens (including phenoxy) is 1. The van der Waals surface area contributed by atoms with Crippen LogP contribution in [0.25, 0.3) is 10.2 Å². The van der Waals surface area contributed by atoms with E-state index in [2.05, 4.69) is 52.7 Å². The van der Waals surface area contributed by atoms with Crippen LogP contribution in [-0.4, -0.2) is 35.0 Å². The van der Waals surface area contributed by atoms with Crippen molar-refractivity contribution in [2.45, 2.75) is 25.9 Å². The van der Waals surface area contributed by atoms with Gasteiger partial charge in [0.25, 0.3) is 11.1 Å². The maximum Gasteiger partial charge on any atom is 0.274 e. The third-order valence-electron chi connectivity index (χ3n) is 4.70. The summed E-state index contributed by atoms with van der Waals surface area (Å²) in [5, 5.41) is 0.733. The number of halogens is 1. The molecule has 0 atom stereocenters. The molecule has 1 amide bonds. The number of para-hydroxylation sites is 1. The second kappa shape index (κ2) is 7.52. The van der Waals surface area contributed by atoms with Crippen molar-refractivity contribution in [1.29, 1.82) is 0 Å². The van der Waals surface area contributed by atoms with Gasteiger partial charge in [-0.1, -0.05) is 35.6 Å². The van der Waals surface area contributed by atoms with Crippen LogP contribution in [0, 0.1) is 10.5 Å². The van der Waals surface area contributed by atoms with Crippen LogP contribution in [0.3, 0.4) is 0 Å². The zero-order chi connectivity index (χ0) is 18.1. The lowest BCUT2D eigenvalue weighted by atomic mass is 10.1. The number of aromatic nitrogens is 1. The van der Waals surface area contributed by atoms with E-state index in [4.69, 9.17) is 4.74 Å². The fourth-order valence-corrected chi connectivity index (χ4v) is 4.82. The van der Waals surface area contributed by atoms with Gasteiger partial charge in [-0.2, -0.15) is 0 Å². The topological polar surface area (TPSA) is 42.4 Å². The summed E-state index contributed by atoms with van der Waals surface area (Å²) in [4.78, 5) is 19.3. The summed E-state index contributed by atoms with van der Waals surface area (Å²) in [6.07, 6.45) is 1.79. The van der Waals surface area contributed by atoms with Gasteiger partial charge in [-0.15, -0.1) is 0 Å². The highest BCUT2D eigenvalue weighted by molar-refractivity contribution is 14.1. The number of rotatable bonds is 3. The highest BCUT2D eigenvalue weighted by atomic mass is 127. The van der Waals surface area contributed by atoms with Crippen LogP contribution < -0.4 is 4.74 Å². The average molecular weight is 478 g/mol. The Morgan fingerprint density at radius 2 is 1.96 bits per heavy atom. The van der Waals surface area contributed by atoms with Crippen molar-refractivity contribution in [1.82, 2.24) is 9.88 Å². The molecule has 26 heavy (non-hydrogen) atoms. The van der Waals surface area contributed by atoms with Gasteiger partial charge in [0.1, 0.15) is 6.10 Å². The van der Waals surface area contributed by atoms with Gasteiger partial charge in [0.05, 0.1) is 15.8 Å².